The highest BCUT2D eigenvalue weighted by Gasteiger charge is 2.41. The normalized spacial score (nSPS) is 19.1. The maximum Gasteiger partial charge on any atom is 0.407 e. The molecule has 3 aliphatic rings. The second-order valence-corrected chi connectivity index (χ2v) is 16.5. The molecule has 4 atom stereocenters. The second-order valence-electron chi connectivity index (χ2n) is 16.5. The number of nitrogens with zero attached hydrogens (tertiary/aromatic N) is 5. The molecule has 16 nitrogen and oxygen atoms in total. The average molecular weight is 850 g/mol. The number of ether oxygens (including phenoxy) is 3. The van der Waals surface area contributed by atoms with Gasteiger partial charge in [-0.25, -0.2) is 28.9 Å². The van der Waals surface area contributed by atoms with Crippen LogP contribution in [0.3, 0.4) is 0 Å². The standard InChI is InChI=1S/C45H52FN9O7/c1-25(2)38(52-44(58)60-3)42(56)54-17-5-7-36(54)40-48-24-35(51-40)29-9-12-30(31(46)22-29)33-14-11-27-21-28(10-13-32(27)49-33)34-23-47-41(50-34)37-8-6-18-55(37)43(57)39(53-45(59)61-4)26-15-19-62-20-16-26/h9-14,21-26,36-39H,5-8,15-20H2,1-4H3,(H,47,50)(H,48,51)(H,52,58)(H,53,59)/t36-,37-,38-,39-/m0/s1. The Kier molecular flexibility index (Phi) is 12.5. The van der Waals surface area contributed by atoms with Crippen molar-refractivity contribution in [1.29, 1.82) is 0 Å². The summed E-state index contributed by atoms with van der Waals surface area (Å²) in [6.45, 7) is 5.89. The van der Waals surface area contributed by atoms with Crippen molar-refractivity contribution in [3.8, 4) is 33.8 Å². The molecule has 0 saturated carbocycles. The topological polar surface area (TPSA) is 197 Å². The van der Waals surface area contributed by atoms with Crippen LogP contribution in [-0.4, -0.2) is 111 Å². The summed E-state index contributed by atoms with van der Waals surface area (Å²) in [5.41, 5.74) is 4.39. The molecule has 0 bridgehead atoms. The van der Waals surface area contributed by atoms with Gasteiger partial charge in [-0.2, -0.15) is 0 Å². The molecular weight excluding hydrogens is 798 g/mol. The van der Waals surface area contributed by atoms with E-state index in [2.05, 4.69) is 25.6 Å². The van der Waals surface area contributed by atoms with Gasteiger partial charge in [0.25, 0.3) is 0 Å². The zero-order chi connectivity index (χ0) is 43.5. The van der Waals surface area contributed by atoms with Crippen molar-refractivity contribution < 1.29 is 37.8 Å². The number of carbonyl (C=O) groups excluding carboxylic acids is 4. The molecule has 0 spiro atoms. The van der Waals surface area contributed by atoms with E-state index < -0.39 is 30.1 Å². The Balaban J connectivity index is 0.954. The summed E-state index contributed by atoms with van der Waals surface area (Å²) < 4.78 is 31.0. The first-order valence-corrected chi connectivity index (χ1v) is 21.2. The molecular formula is C45H52FN9O7. The quantitative estimate of drug-likeness (QED) is 0.111. The van der Waals surface area contributed by atoms with Crippen molar-refractivity contribution in [1.82, 2.24) is 45.4 Å². The third-order valence-corrected chi connectivity index (χ3v) is 12.3. The Hall–Kier alpha value is -6.36. The predicted molar refractivity (Wildman–Crippen MR) is 227 cm³/mol. The molecule has 3 aromatic heterocycles. The van der Waals surface area contributed by atoms with Crippen LogP contribution in [0.1, 0.15) is 76.1 Å². The lowest BCUT2D eigenvalue weighted by molar-refractivity contribution is -0.137. The number of likely N-dealkylation sites (tertiary alicyclic amines) is 2. The summed E-state index contributed by atoms with van der Waals surface area (Å²) in [7, 11) is 2.56. The number of amides is 4. The number of imidazole rings is 2. The van der Waals surface area contributed by atoms with E-state index in [9.17, 15) is 19.2 Å². The third-order valence-electron chi connectivity index (χ3n) is 12.3. The highest BCUT2D eigenvalue weighted by atomic mass is 19.1. The van der Waals surface area contributed by atoms with E-state index in [4.69, 9.17) is 24.2 Å². The first kappa shape index (κ1) is 42.3. The highest BCUT2D eigenvalue weighted by Crippen LogP contribution is 2.36. The Bertz CT molecular complexity index is 2450. The minimum atomic E-state index is -0.746. The van der Waals surface area contributed by atoms with Crippen LogP contribution in [0.15, 0.2) is 60.9 Å². The monoisotopic (exact) mass is 849 g/mol. The van der Waals surface area contributed by atoms with E-state index in [1.54, 1.807) is 29.4 Å². The molecule has 62 heavy (non-hydrogen) atoms. The van der Waals surface area contributed by atoms with Crippen molar-refractivity contribution in [2.45, 2.75) is 76.5 Å². The Morgan fingerprint density at radius 3 is 1.98 bits per heavy atom. The Labute approximate surface area is 358 Å². The van der Waals surface area contributed by atoms with Gasteiger partial charge in [0.1, 0.15) is 29.5 Å². The van der Waals surface area contributed by atoms with Crippen LogP contribution in [0.25, 0.3) is 44.7 Å². The SMILES string of the molecule is COC(=O)N[C@H](C(=O)N1CCC[C@H]1c1ncc(-c2ccc(-c3ccc4cc(-c5cnc([C@@H]6CCCN6C(=O)[C@@H](NC(=O)OC)C6CCOCC6)[nH]5)ccc4n3)c(F)c2)[nH]1)C(C)C. The molecule has 6 heterocycles. The lowest BCUT2D eigenvalue weighted by Crippen LogP contribution is -2.53. The van der Waals surface area contributed by atoms with Crippen LogP contribution in [0.4, 0.5) is 14.0 Å². The molecule has 3 aliphatic heterocycles. The smallest absolute Gasteiger partial charge is 0.407 e. The summed E-state index contributed by atoms with van der Waals surface area (Å²) >= 11 is 0. The molecule has 4 N–H and O–H groups in total. The summed E-state index contributed by atoms with van der Waals surface area (Å²) in [5.74, 6) is 0.262. The van der Waals surface area contributed by atoms with Gasteiger partial charge in [-0.3, -0.25) is 9.59 Å². The average Bonchev–Trinajstić information content (AvgIpc) is 4.14. The van der Waals surface area contributed by atoms with Gasteiger partial charge in [-0.15, -0.1) is 0 Å². The van der Waals surface area contributed by atoms with Crippen molar-refractivity contribution in [3.63, 3.8) is 0 Å². The number of hydrogen-bond donors (Lipinski definition) is 4. The molecule has 17 heteroatoms. The molecule has 326 valence electrons. The highest BCUT2D eigenvalue weighted by molar-refractivity contribution is 5.88. The summed E-state index contributed by atoms with van der Waals surface area (Å²) in [5, 5.41) is 6.31. The number of carbonyl (C=O) groups is 4. The van der Waals surface area contributed by atoms with Gasteiger partial charge in [0.2, 0.25) is 11.8 Å². The lowest BCUT2D eigenvalue weighted by Gasteiger charge is -2.34. The van der Waals surface area contributed by atoms with Crippen LogP contribution < -0.4 is 10.6 Å². The fourth-order valence-corrected chi connectivity index (χ4v) is 8.94. The number of benzene rings is 2. The minimum Gasteiger partial charge on any atom is -0.453 e. The Morgan fingerprint density at radius 2 is 1.37 bits per heavy atom. The molecule has 3 fully saturated rings. The van der Waals surface area contributed by atoms with Gasteiger partial charge in [0.15, 0.2) is 0 Å². The Morgan fingerprint density at radius 1 is 0.774 bits per heavy atom. The molecule has 4 amide bonds. The molecule has 2 aromatic carbocycles. The van der Waals surface area contributed by atoms with Crippen LogP contribution in [0, 0.1) is 17.7 Å². The predicted octanol–water partition coefficient (Wildman–Crippen LogP) is 6.68. The first-order valence-electron chi connectivity index (χ1n) is 21.2. The van der Waals surface area contributed by atoms with Gasteiger partial charge < -0.3 is 44.6 Å². The van der Waals surface area contributed by atoms with E-state index in [0.29, 0.717) is 85.2 Å². The number of rotatable bonds is 11. The van der Waals surface area contributed by atoms with E-state index in [-0.39, 0.29) is 35.7 Å². The third kappa shape index (κ3) is 8.71. The second kappa shape index (κ2) is 18.3. The number of H-pyrrole nitrogens is 2. The van der Waals surface area contributed by atoms with Crippen molar-refractivity contribution in [2.24, 2.45) is 11.8 Å². The number of methoxy groups -OCH3 is 2. The van der Waals surface area contributed by atoms with Gasteiger partial charge in [0, 0.05) is 48.4 Å². The molecule has 3 saturated heterocycles. The summed E-state index contributed by atoms with van der Waals surface area (Å²) in [4.78, 5) is 76.2. The fourth-order valence-electron chi connectivity index (χ4n) is 8.94. The molecule has 8 rings (SSSR count). The molecule has 0 radical (unpaired) electrons. The number of aromatic nitrogens is 5. The zero-order valence-electron chi connectivity index (χ0n) is 35.3. The van der Waals surface area contributed by atoms with Gasteiger partial charge in [0.05, 0.1) is 61.3 Å². The molecule has 0 unspecified atom stereocenters. The molecule has 5 aromatic rings. The van der Waals surface area contributed by atoms with E-state index in [1.807, 2.05) is 49.1 Å². The number of nitrogens with one attached hydrogen (secondary N) is 4. The number of alkyl carbamates (subject to hydrolysis) is 2. The molecule has 0 aliphatic carbocycles. The number of hydrogen-bond acceptors (Lipinski definition) is 10. The zero-order valence-corrected chi connectivity index (χ0v) is 35.3. The van der Waals surface area contributed by atoms with Crippen molar-refractivity contribution in [2.75, 3.05) is 40.5 Å². The van der Waals surface area contributed by atoms with E-state index >= 15 is 4.39 Å². The van der Waals surface area contributed by atoms with Crippen molar-refractivity contribution >= 4 is 34.9 Å². The number of halogens is 1. The van der Waals surface area contributed by atoms with Gasteiger partial charge in [-0.05, 0) is 80.7 Å². The van der Waals surface area contributed by atoms with Crippen molar-refractivity contribution in [3.05, 3.63) is 78.4 Å². The summed E-state index contributed by atoms with van der Waals surface area (Å²) in [6, 6.07) is 12.4. The number of pyridine rings is 1. The maximum absolute atomic E-state index is 15.9. The number of fused-ring (bicyclic) bond motifs is 1. The van der Waals surface area contributed by atoms with Crippen LogP contribution >= 0.6 is 0 Å². The van der Waals surface area contributed by atoms with E-state index in [0.717, 1.165) is 35.9 Å². The van der Waals surface area contributed by atoms with Crippen LogP contribution in [0.5, 0.6) is 0 Å². The van der Waals surface area contributed by atoms with Gasteiger partial charge in [-0.1, -0.05) is 32.0 Å². The van der Waals surface area contributed by atoms with Crippen LogP contribution in [0.2, 0.25) is 0 Å². The maximum atomic E-state index is 15.9. The van der Waals surface area contributed by atoms with E-state index in [1.165, 1.54) is 20.3 Å². The lowest BCUT2D eigenvalue weighted by atomic mass is 9.90. The largest absolute Gasteiger partial charge is 0.453 e. The fraction of sp³-hybridized carbons (Fsp3) is 0.444. The van der Waals surface area contributed by atoms with Gasteiger partial charge >= 0.3 is 12.2 Å². The minimum absolute atomic E-state index is 0.0552. The summed E-state index contributed by atoms with van der Waals surface area (Å²) in [6.07, 6.45) is 6.47. The first-order chi connectivity index (χ1) is 30.0. The van der Waals surface area contributed by atoms with Crippen LogP contribution in [-0.2, 0) is 23.8 Å². The number of aromatic amines is 2.